The summed E-state index contributed by atoms with van der Waals surface area (Å²) in [4.78, 5) is 20.4. The van der Waals surface area contributed by atoms with E-state index in [0.29, 0.717) is 5.82 Å². The molecule has 5 heteroatoms. The third-order valence-corrected chi connectivity index (χ3v) is 3.67. The lowest BCUT2D eigenvalue weighted by molar-refractivity contribution is -0.118. The van der Waals surface area contributed by atoms with Crippen molar-refractivity contribution in [3.05, 3.63) is 78.1 Å². The third-order valence-electron chi connectivity index (χ3n) is 3.67. The van der Waals surface area contributed by atoms with E-state index >= 15 is 0 Å². The Morgan fingerprint density at radius 3 is 2.38 bits per heavy atom. The van der Waals surface area contributed by atoms with Crippen LogP contribution in [0.3, 0.4) is 0 Å². The predicted octanol–water partition coefficient (Wildman–Crippen LogP) is 3.09. The van der Waals surface area contributed by atoms with E-state index in [2.05, 4.69) is 15.3 Å². The molecule has 24 heavy (non-hydrogen) atoms. The maximum atomic E-state index is 11.8. The van der Waals surface area contributed by atoms with Crippen molar-refractivity contribution in [2.75, 3.05) is 5.32 Å². The minimum Gasteiger partial charge on any atom is -0.370 e. The topological polar surface area (TPSA) is 80.9 Å². The number of aryl methyl sites for hydroxylation is 1. The summed E-state index contributed by atoms with van der Waals surface area (Å²) in [5.41, 5.74) is 9.00. The second kappa shape index (κ2) is 6.91. The lowest BCUT2D eigenvalue weighted by atomic mass is 10.1. The van der Waals surface area contributed by atoms with Crippen LogP contribution < -0.4 is 11.1 Å². The average molecular weight is 318 g/mol. The van der Waals surface area contributed by atoms with Crippen molar-refractivity contribution < 1.29 is 4.79 Å². The number of anilines is 1. The first-order valence-electron chi connectivity index (χ1n) is 7.64. The zero-order valence-corrected chi connectivity index (χ0v) is 13.3. The van der Waals surface area contributed by atoms with Crippen LogP contribution in [-0.2, 0) is 4.79 Å². The Balaban J connectivity index is 1.81. The zero-order valence-electron chi connectivity index (χ0n) is 13.3. The molecule has 0 spiro atoms. The number of nitrogens with two attached hydrogens (primary N) is 1. The molecule has 0 unspecified atom stereocenters. The van der Waals surface area contributed by atoms with Gasteiger partial charge in [-0.25, -0.2) is 9.97 Å². The van der Waals surface area contributed by atoms with Crippen LogP contribution in [0.1, 0.15) is 17.3 Å². The van der Waals surface area contributed by atoms with Crippen LogP contribution in [0.2, 0.25) is 0 Å². The van der Waals surface area contributed by atoms with Crippen LogP contribution in [0.15, 0.2) is 66.9 Å². The zero-order chi connectivity index (χ0) is 16.9. The van der Waals surface area contributed by atoms with Crippen molar-refractivity contribution in [1.82, 2.24) is 9.97 Å². The maximum Gasteiger partial charge on any atom is 0.244 e. The Morgan fingerprint density at radius 1 is 1.04 bits per heavy atom. The second-order valence-corrected chi connectivity index (χ2v) is 5.49. The highest BCUT2D eigenvalue weighted by Gasteiger charge is 2.17. The monoisotopic (exact) mass is 318 g/mol. The third kappa shape index (κ3) is 3.57. The number of amides is 1. The van der Waals surface area contributed by atoms with Crippen LogP contribution in [0.25, 0.3) is 11.4 Å². The van der Waals surface area contributed by atoms with Gasteiger partial charge < -0.3 is 11.1 Å². The van der Waals surface area contributed by atoms with Crippen molar-refractivity contribution >= 4 is 11.6 Å². The van der Waals surface area contributed by atoms with Gasteiger partial charge in [0.1, 0.15) is 6.04 Å². The van der Waals surface area contributed by atoms with Crippen LogP contribution in [0.4, 0.5) is 5.69 Å². The highest BCUT2D eigenvalue weighted by atomic mass is 16.1. The number of benzene rings is 2. The van der Waals surface area contributed by atoms with E-state index in [1.165, 1.54) is 0 Å². The van der Waals surface area contributed by atoms with Gasteiger partial charge in [-0.15, -0.1) is 0 Å². The molecule has 0 fully saturated rings. The molecule has 0 radical (unpaired) electrons. The number of primary amides is 1. The van der Waals surface area contributed by atoms with Gasteiger partial charge >= 0.3 is 0 Å². The van der Waals surface area contributed by atoms with E-state index in [0.717, 1.165) is 22.5 Å². The van der Waals surface area contributed by atoms with Crippen LogP contribution in [0, 0.1) is 6.92 Å². The van der Waals surface area contributed by atoms with Crippen LogP contribution in [0.5, 0.6) is 0 Å². The number of carbonyl (C=O) groups is 1. The lowest BCUT2D eigenvalue weighted by Crippen LogP contribution is -2.27. The summed E-state index contributed by atoms with van der Waals surface area (Å²) in [5, 5.41) is 3.17. The van der Waals surface area contributed by atoms with E-state index in [1.54, 1.807) is 6.20 Å². The molecule has 3 aromatic rings. The molecule has 0 saturated heterocycles. The van der Waals surface area contributed by atoms with Gasteiger partial charge in [0.15, 0.2) is 5.82 Å². The molecule has 1 atom stereocenters. The molecule has 0 bridgehead atoms. The molecule has 0 aliphatic heterocycles. The molecule has 3 N–H and O–H groups in total. The van der Waals surface area contributed by atoms with E-state index < -0.39 is 11.9 Å². The summed E-state index contributed by atoms with van der Waals surface area (Å²) in [6.07, 6.45) is 1.74. The van der Waals surface area contributed by atoms with Gasteiger partial charge in [-0.1, -0.05) is 30.3 Å². The van der Waals surface area contributed by atoms with Gasteiger partial charge in [0.25, 0.3) is 0 Å². The second-order valence-electron chi connectivity index (χ2n) is 5.49. The fourth-order valence-corrected chi connectivity index (χ4v) is 2.43. The number of hydrogen-bond acceptors (Lipinski definition) is 4. The van der Waals surface area contributed by atoms with Crippen molar-refractivity contribution in [2.45, 2.75) is 13.0 Å². The van der Waals surface area contributed by atoms with E-state index in [1.807, 2.05) is 67.6 Å². The maximum absolute atomic E-state index is 11.8. The molecular formula is C19H18N4O. The summed E-state index contributed by atoms with van der Waals surface area (Å²) < 4.78 is 0. The molecular weight excluding hydrogens is 300 g/mol. The van der Waals surface area contributed by atoms with Gasteiger partial charge in [0.05, 0.1) is 0 Å². The summed E-state index contributed by atoms with van der Waals surface area (Å²) in [6, 6.07) is 18.3. The number of nitrogens with one attached hydrogen (secondary N) is 1. The Morgan fingerprint density at radius 2 is 1.75 bits per heavy atom. The molecule has 0 saturated carbocycles. The smallest absolute Gasteiger partial charge is 0.244 e. The molecule has 120 valence electrons. The molecule has 1 aromatic heterocycles. The lowest BCUT2D eigenvalue weighted by Gasteiger charge is -2.17. The minimum absolute atomic E-state index is 0.424. The molecule has 2 aromatic carbocycles. The number of nitrogens with zero attached hydrogens (tertiary/aromatic N) is 2. The largest absolute Gasteiger partial charge is 0.370 e. The van der Waals surface area contributed by atoms with Crippen molar-refractivity contribution in [1.29, 1.82) is 0 Å². The first kappa shape index (κ1) is 15.7. The number of hydrogen-bond donors (Lipinski definition) is 2. The van der Waals surface area contributed by atoms with Gasteiger partial charge in [-0.2, -0.15) is 0 Å². The Kier molecular flexibility index (Phi) is 4.52. The molecule has 1 heterocycles. The van der Waals surface area contributed by atoms with Gasteiger partial charge in [0, 0.05) is 23.1 Å². The quantitative estimate of drug-likeness (QED) is 0.757. The van der Waals surface area contributed by atoms with Crippen LogP contribution >= 0.6 is 0 Å². The van der Waals surface area contributed by atoms with Crippen molar-refractivity contribution in [3.63, 3.8) is 0 Å². The van der Waals surface area contributed by atoms with Crippen molar-refractivity contribution in [2.24, 2.45) is 5.73 Å². The summed E-state index contributed by atoms with van der Waals surface area (Å²) >= 11 is 0. The Bertz CT molecular complexity index is 832. The summed E-state index contributed by atoms with van der Waals surface area (Å²) in [5.74, 6) is 0.253. The standard InChI is InChI=1S/C19H18N4O/c1-13-11-12-21-19(22-13)15-7-9-16(10-8-15)23-17(18(20)24)14-5-3-2-4-6-14/h2-12,17,23H,1H3,(H2,20,24)/t17-/m0/s1. The average Bonchev–Trinajstić information content (AvgIpc) is 2.61. The van der Waals surface area contributed by atoms with E-state index in [-0.39, 0.29) is 0 Å². The van der Waals surface area contributed by atoms with Crippen molar-refractivity contribution in [3.8, 4) is 11.4 Å². The first-order valence-corrected chi connectivity index (χ1v) is 7.64. The van der Waals surface area contributed by atoms with Gasteiger partial charge in [0.2, 0.25) is 5.91 Å². The first-order chi connectivity index (χ1) is 11.6. The normalized spacial score (nSPS) is 11.7. The number of rotatable bonds is 5. The summed E-state index contributed by atoms with van der Waals surface area (Å²) in [6.45, 7) is 1.93. The molecule has 3 rings (SSSR count). The van der Waals surface area contributed by atoms with Gasteiger partial charge in [-0.3, -0.25) is 4.79 Å². The fraction of sp³-hybridized carbons (Fsp3) is 0.105. The highest BCUT2D eigenvalue weighted by molar-refractivity contribution is 5.84. The predicted molar refractivity (Wildman–Crippen MR) is 94.2 cm³/mol. The van der Waals surface area contributed by atoms with E-state index in [4.69, 9.17) is 5.73 Å². The number of carbonyl (C=O) groups excluding carboxylic acids is 1. The SMILES string of the molecule is Cc1ccnc(-c2ccc(N[C@H](C(N)=O)c3ccccc3)cc2)n1. The Labute approximate surface area is 140 Å². The Hall–Kier alpha value is -3.21. The number of aromatic nitrogens is 2. The summed E-state index contributed by atoms with van der Waals surface area (Å²) in [7, 11) is 0. The van der Waals surface area contributed by atoms with Crippen LogP contribution in [-0.4, -0.2) is 15.9 Å². The molecule has 1 amide bonds. The molecule has 5 nitrogen and oxygen atoms in total. The van der Waals surface area contributed by atoms with E-state index in [9.17, 15) is 4.79 Å². The minimum atomic E-state index is -0.577. The molecule has 0 aliphatic carbocycles. The highest BCUT2D eigenvalue weighted by Crippen LogP contribution is 2.22. The van der Waals surface area contributed by atoms with Gasteiger partial charge in [-0.05, 0) is 42.8 Å². The molecule has 0 aliphatic rings. The fourth-order valence-electron chi connectivity index (χ4n) is 2.43.